The van der Waals surface area contributed by atoms with Gasteiger partial charge in [0.2, 0.25) is 5.91 Å². The van der Waals surface area contributed by atoms with Gasteiger partial charge in [0, 0.05) is 24.4 Å². The van der Waals surface area contributed by atoms with Crippen molar-refractivity contribution < 1.29 is 18.7 Å². The lowest BCUT2D eigenvalue weighted by molar-refractivity contribution is -0.120. The molecule has 0 unspecified atom stereocenters. The summed E-state index contributed by atoms with van der Waals surface area (Å²) in [6.45, 7) is 1.63. The first-order chi connectivity index (χ1) is 14.3. The van der Waals surface area contributed by atoms with Crippen molar-refractivity contribution in [3.05, 3.63) is 56.2 Å². The van der Waals surface area contributed by atoms with Crippen LogP contribution in [0.25, 0.3) is 0 Å². The third-order valence-corrected chi connectivity index (χ3v) is 7.46. The average molecular weight is 501 g/mol. The van der Waals surface area contributed by atoms with Crippen LogP contribution in [0.3, 0.4) is 0 Å². The highest BCUT2D eigenvalue weighted by atomic mass is 79.9. The fourth-order valence-corrected chi connectivity index (χ4v) is 5.82. The van der Waals surface area contributed by atoms with E-state index >= 15 is 0 Å². The molecule has 1 aliphatic rings. The van der Waals surface area contributed by atoms with E-state index in [1.54, 1.807) is 11.3 Å². The van der Waals surface area contributed by atoms with Gasteiger partial charge in [-0.25, -0.2) is 8.78 Å². The van der Waals surface area contributed by atoms with Gasteiger partial charge in [-0.1, -0.05) is 19.3 Å². The Balaban J connectivity index is 1.73. The molecular weight excluding hydrogens is 474 g/mol. The predicted octanol–water partition coefficient (Wildman–Crippen LogP) is 4.65. The fraction of sp³-hybridized carbons (Fsp3) is 0.500. The summed E-state index contributed by atoms with van der Waals surface area (Å²) in [5, 5.41) is 17.2. The van der Waals surface area contributed by atoms with Crippen molar-refractivity contribution in [3.8, 4) is 0 Å². The number of halogens is 3. The Morgan fingerprint density at radius 3 is 2.43 bits per heavy atom. The van der Waals surface area contributed by atoms with Crippen molar-refractivity contribution in [1.29, 1.82) is 0 Å². The number of thiophene rings is 1. The number of aliphatic hydroxyl groups excluding tert-OH is 1. The van der Waals surface area contributed by atoms with Crippen LogP contribution in [-0.2, 0) is 16.8 Å². The Bertz CT molecular complexity index is 850. The van der Waals surface area contributed by atoms with Crippen LogP contribution in [0.1, 0.15) is 49.5 Å². The van der Waals surface area contributed by atoms with Crippen LogP contribution in [0.5, 0.6) is 0 Å². The molecule has 2 atom stereocenters. The summed E-state index contributed by atoms with van der Waals surface area (Å²) in [7, 11) is 0. The summed E-state index contributed by atoms with van der Waals surface area (Å²) >= 11 is 5.22. The van der Waals surface area contributed by atoms with Crippen LogP contribution in [0.4, 0.5) is 8.78 Å². The number of carbonyl (C=O) groups excluding carboxylic acids is 1. The van der Waals surface area contributed by atoms with Crippen LogP contribution in [0, 0.1) is 11.6 Å². The number of benzene rings is 1. The van der Waals surface area contributed by atoms with E-state index in [0.717, 1.165) is 35.5 Å². The molecule has 1 fully saturated rings. The molecular formula is C22H27BrF2N2O2S. The van der Waals surface area contributed by atoms with E-state index in [4.69, 9.17) is 0 Å². The second-order valence-electron chi connectivity index (χ2n) is 7.98. The summed E-state index contributed by atoms with van der Waals surface area (Å²) in [5.74, 6) is -1.65. The van der Waals surface area contributed by atoms with E-state index in [-0.39, 0.29) is 24.4 Å². The molecule has 1 aromatic heterocycles. The highest BCUT2D eigenvalue weighted by molar-refractivity contribution is 9.11. The first kappa shape index (κ1) is 23.3. The number of amides is 1. The number of carbonyl (C=O) groups is 1. The Hall–Kier alpha value is -1.35. The van der Waals surface area contributed by atoms with E-state index < -0.39 is 23.8 Å². The Kier molecular flexibility index (Phi) is 8.01. The maximum absolute atomic E-state index is 13.6. The van der Waals surface area contributed by atoms with Gasteiger partial charge in [0.15, 0.2) is 0 Å². The zero-order valence-corrected chi connectivity index (χ0v) is 19.3. The van der Waals surface area contributed by atoms with Crippen molar-refractivity contribution >= 4 is 33.2 Å². The van der Waals surface area contributed by atoms with Crippen LogP contribution in [-0.4, -0.2) is 29.7 Å². The molecule has 164 valence electrons. The van der Waals surface area contributed by atoms with Crippen LogP contribution < -0.4 is 10.6 Å². The Morgan fingerprint density at radius 2 is 1.87 bits per heavy atom. The highest BCUT2D eigenvalue weighted by Gasteiger charge is 2.36. The molecule has 1 heterocycles. The molecule has 1 aromatic carbocycles. The van der Waals surface area contributed by atoms with Gasteiger partial charge in [-0.2, -0.15) is 0 Å². The molecule has 3 rings (SSSR count). The molecule has 3 N–H and O–H groups in total. The lowest BCUT2D eigenvalue weighted by Crippen LogP contribution is -2.52. The zero-order valence-electron chi connectivity index (χ0n) is 16.9. The van der Waals surface area contributed by atoms with Crippen molar-refractivity contribution in [2.75, 3.05) is 6.54 Å². The number of hydrogen-bond acceptors (Lipinski definition) is 4. The van der Waals surface area contributed by atoms with E-state index in [1.807, 2.05) is 6.07 Å². The predicted molar refractivity (Wildman–Crippen MR) is 118 cm³/mol. The monoisotopic (exact) mass is 500 g/mol. The number of rotatable bonds is 8. The number of hydrogen-bond donors (Lipinski definition) is 3. The standard InChI is InChI=1S/C22H27BrF2N2O2S/c1-14(28)27-18(11-15-9-16(24)12-17(25)10-15)19(29)13-26-22(7-3-2-4-8-22)20-5-6-21(23)30-20/h5-6,9-10,12,18-19,26,29H,2-4,7-8,11,13H2,1H3,(H,27,28)/t18-,19+/m0/s1. The minimum Gasteiger partial charge on any atom is -0.390 e. The summed E-state index contributed by atoms with van der Waals surface area (Å²) in [5.41, 5.74) is 0.182. The van der Waals surface area contributed by atoms with Crippen molar-refractivity contribution in [2.45, 2.75) is 63.1 Å². The molecule has 1 amide bonds. The van der Waals surface area contributed by atoms with E-state index in [1.165, 1.54) is 30.4 Å². The van der Waals surface area contributed by atoms with Gasteiger partial charge in [0.25, 0.3) is 0 Å². The van der Waals surface area contributed by atoms with Crippen LogP contribution in [0.15, 0.2) is 34.1 Å². The third-order valence-electron chi connectivity index (χ3n) is 5.63. The molecule has 8 heteroatoms. The van der Waals surface area contributed by atoms with Crippen molar-refractivity contribution in [2.24, 2.45) is 0 Å². The number of aliphatic hydroxyl groups is 1. The molecule has 1 saturated carbocycles. The summed E-state index contributed by atoms with van der Waals surface area (Å²) < 4.78 is 28.2. The minimum atomic E-state index is -0.914. The second-order valence-corrected chi connectivity index (χ2v) is 10.4. The van der Waals surface area contributed by atoms with Gasteiger partial charge in [-0.3, -0.25) is 4.79 Å². The summed E-state index contributed by atoms with van der Waals surface area (Å²) in [6.07, 6.45) is 4.58. The first-order valence-corrected chi connectivity index (χ1v) is 11.8. The van der Waals surface area contributed by atoms with Gasteiger partial charge in [0.1, 0.15) is 11.6 Å². The van der Waals surface area contributed by atoms with Crippen molar-refractivity contribution in [1.82, 2.24) is 10.6 Å². The van der Waals surface area contributed by atoms with E-state index in [2.05, 4.69) is 32.6 Å². The molecule has 0 aliphatic heterocycles. The van der Waals surface area contributed by atoms with Gasteiger partial charge in [-0.15, -0.1) is 11.3 Å². The quantitative estimate of drug-likeness (QED) is 0.494. The third kappa shape index (κ3) is 6.09. The van der Waals surface area contributed by atoms with Crippen LogP contribution in [0.2, 0.25) is 0 Å². The SMILES string of the molecule is CC(=O)N[C@@H](Cc1cc(F)cc(F)c1)[C@H](O)CNC1(c2ccc(Br)s2)CCCCC1. The molecule has 0 spiro atoms. The van der Waals surface area contributed by atoms with Gasteiger partial charge in [-0.05, 0) is 65.0 Å². The fourth-order valence-electron chi connectivity index (χ4n) is 4.21. The lowest BCUT2D eigenvalue weighted by Gasteiger charge is -2.39. The zero-order chi connectivity index (χ0) is 21.7. The molecule has 1 aliphatic carbocycles. The largest absolute Gasteiger partial charge is 0.390 e. The topological polar surface area (TPSA) is 61.4 Å². The van der Waals surface area contributed by atoms with Crippen LogP contribution >= 0.6 is 27.3 Å². The van der Waals surface area contributed by atoms with Gasteiger partial charge >= 0.3 is 0 Å². The highest BCUT2D eigenvalue weighted by Crippen LogP contribution is 2.41. The summed E-state index contributed by atoms with van der Waals surface area (Å²) in [4.78, 5) is 12.9. The Labute approximate surface area is 188 Å². The maximum Gasteiger partial charge on any atom is 0.217 e. The lowest BCUT2D eigenvalue weighted by atomic mass is 9.80. The second kappa shape index (κ2) is 10.3. The average Bonchev–Trinajstić information content (AvgIpc) is 3.12. The molecule has 0 radical (unpaired) electrons. The first-order valence-electron chi connectivity index (χ1n) is 10.2. The molecule has 30 heavy (non-hydrogen) atoms. The number of nitrogens with one attached hydrogen (secondary N) is 2. The Morgan fingerprint density at radius 1 is 1.20 bits per heavy atom. The van der Waals surface area contributed by atoms with E-state index in [0.29, 0.717) is 5.56 Å². The molecule has 2 aromatic rings. The van der Waals surface area contributed by atoms with Gasteiger partial charge in [0.05, 0.1) is 21.5 Å². The molecule has 0 saturated heterocycles. The van der Waals surface area contributed by atoms with E-state index in [9.17, 15) is 18.7 Å². The van der Waals surface area contributed by atoms with Crippen molar-refractivity contribution in [3.63, 3.8) is 0 Å². The van der Waals surface area contributed by atoms with Gasteiger partial charge < -0.3 is 15.7 Å². The molecule has 4 nitrogen and oxygen atoms in total. The smallest absolute Gasteiger partial charge is 0.217 e. The molecule has 0 bridgehead atoms. The minimum absolute atomic E-state index is 0.134. The summed E-state index contributed by atoms with van der Waals surface area (Å²) in [6, 6.07) is 6.74. The maximum atomic E-state index is 13.6. The normalized spacial score (nSPS) is 18.0.